The summed E-state index contributed by atoms with van der Waals surface area (Å²) in [7, 11) is 0. The summed E-state index contributed by atoms with van der Waals surface area (Å²) in [6.45, 7) is 4.10. The summed E-state index contributed by atoms with van der Waals surface area (Å²) in [6.07, 6.45) is 2.15. The molecule has 4 atom stereocenters. The Labute approximate surface area is 170 Å². The SMILES string of the molecule is O=C(N[C@H]1C[C@@H]2CCN(C2)C1)c1ccc2c(c1)OC[C@H](COc1ccccc1)O2. The minimum atomic E-state index is -0.186. The number of hydrogen-bond acceptors (Lipinski definition) is 5. The van der Waals surface area contributed by atoms with E-state index in [-0.39, 0.29) is 18.1 Å². The van der Waals surface area contributed by atoms with E-state index in [0.717, 1.165) is 31.2 Å². The van der Waals surface area contributed by atoms with Crippen molar-refractivity contribution < 1.29 is 19.0 Å². The lowest BCUT2D eigenvalue weighted by Crippen LogP contribution is -2.47. The molecule has 0 aliphatic carbocycles. The largest absolute Gasteiger partial charge is 0.490 e. The van der Waals surface area contributed by atoms with Crippen LogP contribution in [0.5, 0.6) is 17.2 Å². The minimum Gasteiger partial charge on any atom is -0.490 e. The molecule has 0 aromatic heterocycles. The van der Waals surface area contributed by atoms with Crippen molar-refractivity contribution in [2.75, 3.05) is 32.8 Å². The van der Waals surface area contributed by atoms with Gasteiger partial charge < -0.3 is 24.4 Å². The first kappa shape index (κ1) is 18.3. The molecule has 3 heterocycles. The fraction of sp³-hybridized carbons (Fsp3) is 0.435. The van der Waals surface area contributed by atoms with E-state index in [4.69, 9.17) is 14.2 Å². The van der Waals surface area contributed by atoms with Gasteiger partial charge in [0.25, 0.3) is 5.91 Å². The van der Waals surface area contributed by atoms with Gasteiger partial charge in [0.15, 0.2) is 17.6 Å². The molecule has 2 fully saturated rings. The molecule has 3 aliphatic rings. The number of para-hydroxylation sites is 1. The molecular weight excluding hydrogens is 368 g/mol. The van der Waals surface area contributed by atoms with E-state index in [1.807, 2.05) is 36.4 Å². The van der Waals surface area contributed by atoms with Crippen LogP contribution in [0.25, 0.3) is 0 Å². The molecule has 5 rings (SSSR count). The predicted molar refractivity (Wildman–Crippen MR) is 109 cm³/mol. The van der Waals surface area contributed by atoms with Gasteiger partial charge in [-0.2, -0.15) is 0 Å². The highest BCUT2D eigenvalue weighted by Crippen LogP contribution is 2.33. The number of hydrogen-bond donors (Lipinski definition) is 1. The van der Waals surface area contributed by atoms with Gasteiger partial charge in [0.2, 0.25) is 0 Å². The first-order valence-corrected chi connectivity index (χ1v) is 10.4. The van der Waals surface area contributed by atoms with Crippen LogP contribution in [-0.2, 0) is 0 Å². The van der Waals surface area contributed by atoms with E-state index in [2.05, 4.69) is 10.2 Å². The number of nitrogens with zero attached hydrogens (tertiary/aromatic N) is 1. The Morgan fingerprint density at radius 3 is 2.90 bits per heavy atom. The second kappa shape index (κ2) is 7.95. The molecule has 6 heteroatoms. The molecule has 2 aromatic carbocycles. The fourth-order valence-electron chi connectivity index (χ4n) is 4.48. The number of benzene rings is 2. The van der Waals surface area contributed by atoms with Crippen molar-refractivity contribution in [1.82, 2.24) is 10.2 Å². The number of ether oxygens (including phenoxy) is 3. The van der Waals surface area contributed by atoms with Crippen molar-refractivity contribution in [1.29, 1.82) is 0 Å². The van der Waals surface area contributed by atoms with E-state index in [0.29, 0.717) is 30.3 Å². The minimum absolute atomic E-state index is 0.0431. The molecular formula is C23H26N2O4. The molecule has 0 spiro atoms. The van der Waals surface area contributed by atoms with Gasteiger partial charge in [-0.1, -0.05) is 18.2 Å². The quantitative estimate of drug-likeness (QED) is 0.845. The lowest BCUT2D eigenvalue weighted by Gasteiger charge is -2.30. The monoisotopic (exact) mass is 394 g/mol. The second-order valence-electron chi connectivity index (χ2n) is 8.16. The molecule has 152 valence electrons. The molecule has 2 aromatic rings. The number of carbonyl (C=O) groups is 1. The highest BCUT2D eigenvalue weighted by Gasteiger charge is 2.33. The zero-order chi connectivity index (χ0) is 19.6. The molecule has 29 heavy (non-hydrogen) atoms. The molecule has 6 nitrogen and oxygen atoms in total. The van der Waals surface area contributed by atoms with Crippen LogP contribution in [0.1, 0.15) is 23.2 Å². The van der Waals surface area contributed by atoms with Crippen LogP contribution in [0.2, 0.25) is 0 Å². The third-order valence-electron chi connectivity index (χ3n) is 5.90. The number of amides is 1. The molecule has 2 saturated heterocycles. The Kier molecular flexibility index (Phi) is 5.02. The molecule has 1 N–H and O–H groups in total. The Bertz CT molecular complexity index is 860. The van der Waals surface area contributed by atoms with Crippen LogP contribution in [0.4, 0.5) is 0 Å². The summed E-state index contributed by atoms with van der Waals surface area (Å²) in [4.78, 5) is 15.2. The number of fused-ring (bicyclic) bond motifs is 3. The van der Waals surface area contributed by atoms with Crippen molar-refractivity contribution in [3.63, 3.8) is 0 Å². The summed E-state index contributed by atoms with van der Waals surface area (Å²) in [5.41, 5.74) is 0.610. The lowest BCUT2D eigenvalue weighted by atomic mass is 9.96. The highest BCUT2D eigenvalue weighted by molar-refractivity contribution is 5.95. The molecule has 1 unspecified atom stereocenters. The van der Waals surface area contributed by atoms with Crippen LogP contribution in [0, 0.1) is 5.92 Å². The van der Waals surface area contributed by atoms with Crippen molar-refractivity contribution in [2.45, 2.75) is 25.0 Å². The fourth-order valence-corrected chi connectivity index (χ4v) is 4.48. The van der Waals surface area contributed by atoms with Gasteiger partial charge in [0.1, 0.15) is 19.0 Å². The van der Waals surface area contributed by atoms with Crippen molar-refractivity contribution in [3.8, 4) is 17.2 Å². The van der Waals surface area contributed by atoms with Gasteiger partial charge in [0, 0.05) is 24.7 Å². The van der Waals surface area contributed by atoms with Crippen LogP contribution < -0.4 is 19.5 Å². The van der Waals surface area contributed by atoms with Gasteiger partial charge in [-0.3, -0.25) is 4.79 Å². The number of rotatable bonds is 5. The van der Waals surface area contributed by atoms with E-state index >= 15 is 0 Å². The Morgan fingerprint density at radius 1 is 1.14 bits per heavy atom. The molecule has 1 amide bonds. The summed E-state index contributed by atoms with van der Waals surface area (Å²) >= 11 is 0. The normalized spacial score (nSPS) is 27.3. The molecule has 0 saturated carbocycles. The lowest BCUT2D eigenvalue weighted by molar-refractivity contribution is 0.0534. The van der Waals surface area contributed by atoms with Gasteiger partial charge in [-0.25, -0.2) is 0 Å². The third-order valence-corrected chi connectivity index (χ3v) is 5.90. The van der Waals surface area contributed by atoms with E-state index in [9.17, 15) is 4.79 Å². The Morgan fingerprint density at radius 2 is 2.03 bits per heavy atom. The van der Waals surface area contributed by atoms with Gasteiger partial charge in [0.05, 0.1) is 0 Å². The Hall–Kier alpha value is -2.73. The predicted octanol–water partition coefficient (Wildman–Crippen LogP) is 2.73. The van der Waals surface area contributed by atoms with E-state index in [1.165, 1.54) is 13.0 Å². The van der Waals surface area contributed by atoms with Crippen LogP contribution in [0.15, 0.2) is 48.5 Å². The standard InChI is InChI=1S/C23H26N2O4/c26-23(24-18-10-16-8-9-25(12-16)13-18)17-6-7-21-22(11-17)28-15-20(29-21)14-27-19-4-2-1-3-5-19/h1-7,11,16,18,20H,8-10,12-15H2,(H,24,26)/t16-,18-,20-/m0/s1. The average Bonchev–Trinajstić information content (AvgIpc) is 3.10. The second-order valence-corrected chi connectivity index (χ2v) is 8.16. The highest BCUT2D eigenvalue weighted by atomic mass is 16.6. The first-order chi connectivity index (χ1) is 14.2. The van der Waals surface area contributed by atoms with Crippen molar-refractivity contribution in [2.24, 2.45) is 5.92 Å². The topological polar surface area (TPSA) is 60.0 Å². The first-order valence-electron chi connectivity index (χ1n) is 10.4. The average molecular weight is 394 g/mol. The summed E-state index contributed by atoms with van der Waals surface area (Å²) < 4.78 is 17.6. The number of piperidine rings is 1. The number of nitrogens with one attached hydrogen (secondary N) is 1. The molecule has 0 radical (unpaired) electrons. The van der Waals surface area contributed by atoms with Crippen LogP contribution in [-0.4, -0.2) is 55.8 Å². The summed E-state index contributed by atoms with van der Waals surface area (Å²) in [6, 6.07) is 15.3. The van der Waals surface area contributed by atoms with E-state index < -0.39 is 0 Å². The number of carbonyl (C=O) groups excluding carboxylic acids is 1. The Balaban J connectivity index is 1.18. The molecule has 2 bridgehead atoms. The third kappa shape index (κ3) is 4.17. The van der Waals surface area contributed by atoms with Gasteiger partial charge >= 0.3 is 0 Å². The van der Waals surface area contributed by atoms with Crippen LogP contribution >= 0.6 is 0 Å². The zero-order valence-corrected chi connectivity index (χ0v) is 16.4. The maximum absolute atomic E-state index is 12.7. The maximum atomic E-state index is 12.7. The summed E-state index contributed by atoms with van der Waals surface area (Å²) in [5, 5.41) is 3.19. The van der Waals surface area contributed by atoms with Crippen molar-refractivity contribution in [3.05, 3.63) is 54.1 Å². The molecule has 3 aliphatic heterocycles. The smallest absolute Gasteiger partial charge is 0.251 e. The van der Waals surface area contributed by atoms with Crippen LogP contribution in [0.3, 0.4) is 0 Å². The van der Waals surface area contributed by atoms with Gasteiger partial charge in [-0.15, -0.1) is 0 Å². The summed E-state index contributed by atoms with van der Waals surface area (Å²) in [5.74, 6) is 2.75. The van der Waals surface area contributed by atoms with E-state index in [1.54, 1.807) is 12.1 Å². The van der Waals surface area contributed by atoms with Gasteiger partial charge in [-0.05, 0) is 55.6 Å². The van der Waals surface area contributed by atoms with Crippen molar-refractivity contribution >= 4 is 5.91 Å². The maximum Gasteiger partial charge on any atom is 0.251 e. The zero-order valence-electron chi connectivity index (χ0n) is 16.4.